The van der Waals surface area contributed by atoms with Gasteiger partial charge >= 0.3 is 11.9 Å². The molecule has 0 aromatic carbocycles. The van der Waals surface area contributed by atoms with Crippen LogP contribution in [0.3, 0.4) is 0 Å². The number of nitrogens with two attached hydrogens (primary N) is 2. The van der Waals surface area contributed by atoms with Gasteiger partial charge in [0.2, 0.25) is 5.88 Å². The van der Waals surface area contributed by atoms with E-state index in [4.69, 9.17) is 25.5 Å². The number of allylic oxidation sites excluding steroid dienone is 1. The molecular weight excluding hydrogens is 422 g/mol. The number of aryl methyl sites for hydroxylation is 1. The zero-order valence-corrected chi connectivity index (χ0v) is 18.5. The first-order valence-electron chi connectivity index (χ1n) is 10.0. The van der Waals surface area contributed by atoms with Crippen LogP contribution in [0.4, 0.5) is 16.7 Å². The van der Waals surface area contributed by atoms with E-state index < -0.39 is 11.9 Å². The first kappa shape index (κ1) is 22.5. The molecule has 1 aliphatic rings. The normalized spacial score (nSPS) is 14.3. The quantitative estimate of drug-likeness (QED) is 0.366. The third kappa shape index (κ3) is 4.61. The smallest absolute Gasteiger partial charge is 0.359 e. The van der Waals surface area contributed by atoms with Crippen molar-refractivity contribution in [3.63, 3.8) is 0 Å². The van der Waals surface area contributed by atoms with Gasteiger partial charge in [0.05, 0.1) is 18.8 Å². The summed E-state index contributed by atoms with van der Waals surface area (Å²) in [6.07, 6.45) is 3.69. The molecule has 0 saturated carbocycles. The Morgan fingerprint density at radius 2 is 1.84 bits per heavy atom. The average molecular weight is 448 g/mol. The van der Waals surface area contributed by atoms with Crippen molar-refractivity contribution < 1.29 is 23.6 Å². The maximum Gasteiger partial charge on any atom is 0.359 e. The SMILES string of the molecule is CCOC(=O)/C(N=Nc1sc2c(c1C(=O)OCC)CCCC2)=C(/C)c1c(N)noc1N. The highest BCUT2D eigenvalue weighted by atomic mass is 32.1. The number of hydrogen-bond acceptors (Lipinski definition) is 11. The highest BCUT2D eigenvalue weighted by molar-refractivity contribution is 7.16. The Hall–Kier alpha value is -3.21. The van der Waals surface area contributed by atoms with Gasteiger partial charge in [-0.05, 0) is 52.0 Å². The summed E-state index contributed by atoms with van der Waals surface area (Å²) in [4.78, 5) is 26.3. The Morgan fingerprint density at radius 1 is 1.13 bits per heavy atom. The molecule has 0 unspecified atom stereocenters. The van der Waals surface area contributed by atoms with Crippen LogP contribution in [0.15, 0.2) is 20.4 Å². The van der Waals surface area contributed by atoms with Crippen molar-refractivity contribution in [2.75, 3.05) is 24.7 Å². The predicted molar refractivity (Wildman–Crippen MR) is 116 cm³/mol. The lowest BCUT2D eigenvalue weighted by atomic mass is 9.95. The topological polar surface area (TPSA) is 155 Å². The second-order valence-corrected chi connectivity index (χ2v) is 7.90. The monoisotopic (exact) mass is 447 g/mol. The van der Waals surface area contributed by atoms with E-state index in [0.717, 1.165) is 36.1 Å². The number of aromatic nitrogens is 1. The number of anilines is 2. The number of thiophene rings is 1. The van der Waals surface area contributed by atoms with Crippen molar-refractivity contribution in [2.24, 2.45) is 10.2 Å². The molecule has 10 nitrogen and oxygen atoms in total. The van der Waals surface area contributed by atoms with E-state index in [0.29, 0.717) is 16.1 Å². The fraction of sp³-hybridized carbons (Fsp3) is 0.450. The summed E-state index contributed by atoms with van der Waals surface area (Å²) in [6.45, 7) is 5.41. The Kier molecular flexibility index (Phi) is 7.06. The van der Waals surface area contributed by atoms with Gasteiger partial charge in [-0.25, -0.2) is 9.59 Å². The first-order chi connectivity index (χ1) is 14.9. The molecule has 2 aromatic heterocycles. The second kappa shape index (κ2) is 9.73. The molecule has 166 valence electrons. The lowest BCUT2D eigenvalue weighted by Crippen LogP contribution is -2.10. The summed E-state index contributed by atoms with van der Waals surface area (Å²) >= 11 is 1.38. The van der Waals surface area contributed by atoms with Crippen molar-refractivity contribution in [2.45, 2.75) is 46.5 Å². The van der Waals surface area contributed by atoms with Crippen molar-refractivity contribution in [1.29, 1.82) is 0 Å². The molecule has 0 radical (unpaired) electrons. The molecule has 0 amide bonds. The standard InChI is InChI=1S/C20H25N5O5S/c1-4-28-19(26)14-11-8-6-7-9-12(11)31-18(14)24-23-15(20(27)29-5-2)10(3)13-16(21)25-30-17(13)22/h4-9,22H2,1-3H3,(H2,21,25)/b15-10+,24-23?. The largest absolute Gasteiger partial charge is 0.462 e. The van der Waals surface area contributed by atoms with Crippen LogP contribution in [0.25, 0.3) is 5.57 Å². The zero-order valence-electron chi connectivity index (χ0n) is 17.7. The van der Waals surface area contributed by atoms with E-state index in [1.54, 1.807) is 20.8 Å². The minimum absolute atomic E-state index is 0.0193. The van der Waals surface area contributed by atoms with Crippen molar-refractivity contribution in [3.8, 4) is 0 Å². The Labute approximate surface area is 183 Å². The van der Waals surface area contributed by atoms with Gasteiger partial charge in [-0.15, -0.1) is 21.6 Å². The lowest BCUT2D eigenvalue weighted by molar-refractivity contribution is -0.138. The Morgan fingerprint density at radius 3 is 2.48 bits per heavy atom. The molecule has 0 aliphatic heterocycles. The van der Waals surface area contributed by atoms with E-state index in [2.05, 4.69) is 15.4 Å². The second-order valence-electron chi connectivity index (χ2n) is 6.81. The van der Waals surface area contributed by atoms with Crippen LogP contribution in [0, 0.1) is 0 Å². The molecule has 11 heteroatoms. The number of ether oxygens (including phenoxy) is 2. The molecule has 0 spiro atoms. The minimum atomic E-state index is -0.706. The Balaban J connectivity index is 2.09. The number of hydrogen-bond donors (Lipinski definition) is 2. The van der Waals surface area contributed by atoms with Gasteiger partial charge in [0.15, 0.2) is 16.5 Å². The van der Waals surface area contributed by atoms with Crippen LogP contribution in [0.1, 0.15) is 60.0 Å². The minimum Gasteiger partial charge on any atom is -0.462 e. The molecule has 2 aromatic rings. The molecule has 31 heavy (non-hydrogen) atoms. The fourth-order valence-corrected chi connectivity index (χ4v) is 4.61. The number of carbonyl (C=O) groups excluding carboxylic acids is 2. The summed E-state index contributed by atoms with van der Waals surface area (Å²) in [5.41, 5.74) is 13.4. The first-order valence-corrected chi connectivity index (χ1v) is 10.8. The maximum absolute atomic E-state index is 12.6. The van der Waals surface area contributed by atoms with Gasteiger partial charge in [-0.3, -0.25) is 0 Å². The summed E-state index contributed by atoms with van der Waals surface area (Å²) < 4.78 is 15.2. The number of nitrogens with zero attached hydrogens (tertiary/aromatic N) is 3. The van der Waals surface area contributed by atoms with Crippen LogP contribution < -0.4 is 11.5 Å². The van der Waals surface area contributed by atoms with Gasteiger partial charge in [-0.2, -0.15) is 0 Å². The predicted octanol–water partition coefficient (Wildman–Crippen LogP) is 4.03. The van der Waals surface area contributed by atoms with Gasteiger partial charge in [0, 0.05) is 10.5 Å². The number of nitrogen functional groups attached to an aromatic ring is 2. The molecule has 4 N–H and O–H groups in total. The van der Waals surface area contributed by atoms with E-state index in [9.17, 15) is 9.59 Å². The van der Waals surface area contributed by atoms with Crippen LogP contribution in [0.5, 0.6) is 0 Å². The van der Waals surface area contributed by atoms with Gasteiger partial charge in [0.1, 0.15) is 5.56 Å². The number of carbonyl (C=O) groups is 2. The molecular formula is C20H25N5O5S. The summed E-state index contributed by atoms with van der Waals surface area (Å²) in [7, 11) is 0. The molecule has 3 rings (SSSR count). The number of esters is 2. The number of fused-ring (bicyclic) bond motifs is 1. The lowest BCUT2D eigenvalue weighted by Gasteiger charge is -2.11. The summed E-state index contributed by atoms with van der Waals surface area (Å²) in [5.74, 6) is -1.18. The molecule has 2 heterocycles. The van der Waals surface area contributed by atoms with Gasteiger partial charge in [-0.1, -0.05) is 5.16 Å². The fourth-order valence-electron chi connectivity index (χ4n) is 3.41. The van der Waals surface area contributed by atoms with Gasteiger partial charge in [0.25, 0.3) is 0 Å². The van der Waals surface area contributed by atoms with Gasteiger partial charge < -0.3 is 25.5 Å². The number of azo groups is 1. The highest BCUT2D eigenvalue weighted by Crippen LogP contribution is 2.41. The average Bonchev–Trinajstić information content (AvgIpc) is 3.27. The zero-order chi connectivity index (χ0) is 22.5. The van der Waals surface area contributed by atoms with Crippen LogP contribution in [0.2, 0.25) is 0 Å². The number of rotatable bonds is 7. The Bertz CT molecular complexity index is 1030. The van der Waals surface area contributed by atoms with E-state index in [1.165, 1.54) is 11.3 Å². The van der Waals surface area contributed by atoms with Crippen molar-refractivity contribution >= 4 is 45.6 Å². The van der Waals surface area contributed by atoms with Crippen LogP contribution >= 0.6 is 11.3 Å². The van der Waals surface area contributed by atoms with E-state index in [1.807, 2.05) is 0 Å². The van der Waals surface area contributed by atoms with Crippen molar-refractivity contribution in [1.82, 2.24) is 5.16 Å². The molecule has 0 bridgehead atoms. The summed E-state index contributed by atoms with van der Waals surface area (Å²) in [5, 5.41) is 12.4. The molecule has 0 saturated heterocycles. The van der Waals surface area contributed by atoms with Crippen LogP contribution in [-0.4, -0.2) is 30.3 Å². The van der Waals surface area contributed by atoms with Crippen LogP contribution in [-0.2, 0) is 27.1 Å². The highest BCUT2D eigenvalue weighted by Gasteiger charge is 2.27. The third-order valence-corrected chi connectivity index (χ3v) is 5.99. The van der Waals surface area contributed by atoms with E-state index >= 15 is 0 Å². The molecule has 0 atom stereocenters. The third-order valence-electron chi connectivity index (χ3n) is 4.82. The van der Waals surface area contributed by atoms with Crippen molar-refractivity contribution in [3.05, 3.63) is 27.3 Å². The molecule has 0 fully saturated rings. The maximum atomic E-state index is 12.6. The van der Waals surface area contributed by atoms with E-state index in [-0.39, 0.29) is 36.2 Å². The molecule has 1 aliphatic carbocycles. The summed E-state index contributed by atoms with van der Waals surface area (Å²) in [6, 6.07) is 0.